The van der Waals surface area contributed by atoms with Gasteiger partial charge in [-0.1, -0.05) is 12.1 Å². The standard InChI is InChI=1S/C21H27F3N6O2/c22-21(23,24)17-3-1-2-4-18(17)28-9-11-30(12-10-28)20-26-14-25-19(27-20)29-7-5-16(6-8-29)13-32-15-31/h1-4,14,16,31H,5-13,15H2. The van der Waals surface area contributed by atoms with Crippen molar-refractivity contribution in [3.63, 3.8) is 0 Å². The van der Waals surface area contributed by atoms with Crippen LogP contribution in [-0.4, -0.2) is 72.7 Å². The zero-order chi connectivity index (χ0) is 22.6. The lowest BCUT2D eigenvalue weighted by Gasteiger charge is -2.37. The number of piperazine rings is 1. The number of aliphatic hydroxyl groups is 1. The summed E-state index contributed by atoms with van der Waals surface area (Å²) < 4.78 is 45.2. The largest absolute Gasteiger partial charge is 0.418 e. The third-order valence-electron chi connectivity index (χ3n) is 6.00. The van der Waals surface area contributed by atoms with Gasteiger partial charge in [0, 0.05) is 45.0 Å². The van der Waals surface area contributed by atoms with Crippen LogP contribution in [0.25, 0.3) is 0 Å². The number of hydrogen-bond acceptors (Lipinski definition) is 8. The Labute approximate surface area is 184 Å². The van der Waals surface area contributed by atoms with Gasteiger partial charge in [-0.3, -0.25) is 0 Å². The fourth-order valence-corrected chi connectivity index (χ4v) is 4.24. The van der Waals surface area contributed by atoms with Crippen LogP contribution in [0.15, 0.2) is 30.6 Å². The zero-order valence-electron chi connectivity index (χ0n) is 17.7. The predicted octanol–water partition coefficient (Wildman–Crippen LogP) is 2.40. The predicted molar refractivity (Wildman–Crippen MR) is 114 cm³/mol. The maximum Gasteiger partial charge on any atom is 0.418 e. The molecule has 2 saturated heterocycles. The average molecular weight is 452 g/mol. The van der Waals surface area contributed by atoms with E-state index < -0.39 is 11.7 Å². The molecule has 0 radical (unpaired) electrons. The van der Waals surface area contributed by atoms with Gasteiger partial charge in [0.1, 0.15) is 13.1 Å². The number of benzene rings is 1. The maximum atomic E-state index is 13.4. The van der Waals surface area contributed by atoms with E-state index >= 15 is 0 Å². The Morgan fingerprint density at radius 3 is 2.12 bits per heavy atom. The lowest BCUT2D eigenvalue weighted by Crippen LogP contribution is -2.47. The fraction of sp³-hybridized carbons (Fsp3) is 0.571. The number of alkyl halides is 3. The minimum Gasteiger partial charge on any atom is -0.371 e. The molecule has 2 aliphatic rings. The van der Waals surface area contributed by atoms with Gasteiger partial charge in [-0.2, -0.15) is 18.2 Å². The van der Waals surface area contributed by atoms with Crippen LogP contribution in [-0.2, 0) is 10.9 Å². The summed E-state index contributed by atoms with van der Waals surface area (Å²) in [6.07, 6.45) is -1.03. The summed E-state index contributed by atoms with van der Waals surface area (Å²) in [4.78, 5) is 19.1. The van der Waals surface area contributed by atoms with Crippen molar-refractivity contribution in [2.24, 2.45) is 5.92 Å². The Kier molecular flexibility index (Phi) is 6.95. The molecule has 0 atom stereocenters. The quantitative estimate of drug-likeness (QED) is 0.670. The highest BCUT2D eigenvalue weighted by Gasteiger charge is 2.35. The van der Waals surface area contributed by atoms with E-state index in [-0.39, 0.29) is 12.5 Å². The van der Waals surface area contributed by atoms with Crippen LogP contribution in [0.2, 0.25) is 0 Å². The van der Waals surface area contributed by atoms with Gasteiger partial charge in [0.2, 0.25) is 11.9 Å². The van der Waals surface area contributed by atoms with E-state index in [1.54, 1.807) is 11.0 Å². The molecular formula is C21H27F3N6O2. The maximum absolute atomic E-state index is 13.4. The second-order valence-corrected chi connectivity index (χ2v) is 8.00. The lowest BCUT2D eigenvalue weighted by molar-refractivity contribution is -0.137. The molecule has 32 heavy (non-hydrogen) atoms. The molecule has 0 amide bonds. The number of anilines is 3. The number of aromatic nitrogens is 3. The molecule has 2 aromatic rings. The van der Waals surface area contributed by atoms with Gasteiger partial charge in [0.25, 0.3) is 0 Å². The fourth-order valence-electron chi connectivity index (χ4n) is 4.24. The van der Waals surface area contributed by atoms with Crippen LogP contribution < -0.4 is 14.7 Å². The number of para-hydroxylation sites is 1. The van der Waals surface area contributed by atoms with Crippen LogP contribution in [0.1, 0.15) is 18.4 Å². The highest BCUT2D eigenvalue weighted by Crippen LogP contribution is 2.36. The normalized spacial score (nSPS) is 18.3. The monoisotopic (exact) mass is 452 g/mol. The van der Waals surface area contributed by atoms with Gasteiger partial charge in [-0.15, -0.1) is 0 Å². The molecule has 11 heteroatoms. The smallest absolute Gasteiger partial charge is 0.371 e. The van der Waals surface area contributed by atoms with Crippen molar-refractivity contribution in [3.8, 4) is 0 Å². The Hall–Kier alpha value is -2.66. The van der Waals surface area contributed by atoms with Gasteiger partial charge in [0.05, 0.1) is 12.2 Å². The molecule has 1 aromatic carbocycles. The van der Waals surface area contributed by atoms with Crippen molar-refractivity contribution >= 4 is 17.6 Å². The molecule has 0 spiro atoms. The Morgan fingerprint density at radius 2 is 1.50 bits per heavy atom. The molecule has 0 saturated carbocycles. The second kappa shape index (κ2) is 9.86. The van der Waals surface area contributed by atoms with Crippen LogP contribution in [0.4, 0.5) is 30.8 Å². The van der Waals surface area contributed by atoms with E-state index in [1.807, 2.05) is 4.90 Å². The van der Waals surface area contributed by atoms with E-state index in [0.717, 1.165) is 32.0 Å². The first-order valence-corrected chi connectivity index (χ1v) is 10.7. The van der Waals surface area contributed by atoms with Crippen molar-refractivity contribution in [3.05, 3.63) is 36.2 Å². The summed E-state index contributed by atoms with van der Waals surface area (Å²) in [6.45, 7) is 3.83. The third-order valence-corrected chi connectivity index (χ3v) is 6.00. The molecule has 0 aliphatic carbocycles. The van der Waals surface area contributed by atoms with Gasteiger partial charge < -0.3 is 24.5 Å². The van der Waals surface area contributed by atoms with E-state index in [2.05, 4.69) is 19.9 Å². The second-order valence-electron chi connectivity index (χ2n) is 8.00. The number of rotatable bonds is 6. The van der Waals surface area contributed by atoms with Crippen LogP contribution in [0.5, 0.6) is 0 Å². The summed E-state index contributed by atoms with van der Waals surface area (Å²) in [5.74, 6) is 1.57. The number of hydrogen-bond donors (Lipinski definition) is 1. The number of aliphatic hydroxyl groups excluding tert-OH is 1. The number of piperidine rings is 1. The zero-order valence-corrected chi connectivity index (χ0v) is 17.7. The summed E-state index contributed by atoms with van der Waals surface area (Å²) in [7, 11) is 0. The molecule has 174 valence electrons. The molecule has 1 aromatic heterocycles. The first-order chi connectivity index (χ1) is 15.5. The SMILES string of the molecule is OCOCC1CCN(c2ncnc(N3CCN(c4ccccc4C(F)(F)F)CC3)n2)CC1. The molecule has 0 bridgehead atoms. The van der Waals surface area contributed by atoms with E-state index in [9.17, 15) is 13.2 Å². The number of ether oxygens (including phenoxy) is 1. The Bertz CT molecular complexity index is 884. The summed E-state index contributed by atoms with van der Waals surface area (Å²) >= 11 is 0. The highest BCUT2D eigenvalue weighted by molar-refractivity contribution is 5.56. The topological polar surface area (TPSA) is 77.9 Å². The molecule has 2 aliphatic heterocycles. The van der Waals surface area contributed by atoms with Crippen molar-refractivity contribution < 1.29 is 23.0 Å². The number of halogens is 3. The molecule has 1 N–H and O–H groups in total. The molecule has 8 nitrogen and oxygen atoms in total. The van der Waals surface area contributed by atoms with Crippen LogP contribution >= 0.6 is 0 Å². The van der Waals surface area contributed by atoms with Gasteiger partial charge in [-0.05, 0) is 30.9 Å². The van der Waals surface area contributed by atoms with Gasteiger partial charge >= 0.3 is 6.18 Å². The minimum atomic E-state index is -4.38. The van der Waals surface area contributed by atoms with Crippen molar-refractivity contribution in [1.82, 2.24) is 15.0 Å². The molecule has 3 heterocycles. The molecule has 2 fully saturated rings. The Balaban J connectivity index is 1.37. The number of nitrogens with zero attached hydrogens (tertiary/aromatic N) is 6. The van der Waals surface area contributed by atoms with E-state index in [0.29, 0.717) is 50.6 Å². The highest BCUT2D eigenvalue weighted by atomic mass is 19.4. The average Bonchev–Trinajstić information content (AvgIpc) is 2.83. The van der Waals surface area contributed by atoms with Crippen LogP contribution in [0, 0.1) is 5.92 Å². The Morgan fingerprint density at radius 1 is 0.906 bits per heavy atom. The van der Waals surface area contributed by atoms with Crippen molar-refractivity contribution in [1.29, 1.82) is 0 Å². The lowest BCUT2D eigenvalue weighted by atomic mass is 9.98. The summed E-state index contributed by atoms with van der Waals surface area (Å²) in [6, 6.07) is 5.69. The van der Waals surface area contributed by atoms with E-state index in [1.165, 1.54) is 18.5 Å². The van der Waals surface area contributed by atoms with Gasteiger partial charge in [-0.25, -0.2) is 9.97 Å². The summed E-state index contributed by atoms with van der Waals surface area (Å²) in [5.41, 5.74) is -0.396. The van der Waals surface area contributed by atoms with E-state index in [4.69, 9.17) is 9.84 Å². The van der Waals surface area contributed by atoms with Crippen molar-refractivity contribution in [2.45, 2.75) is 19.0 Å². The third kappa shape index (κ3) is 5.21. The molecule has 4 rings (SSSR count). The molecule has 0 unspecified atom stereocenters. The first-order valence-electron chi connectivity index (χ1n) is 10.7. The molecular weight excluding hydrogens is 425 g/mol. The summed E-state index contributed by atoms with van der Waals surface area (Å²) in [5, 5.41) is 8.79. The van der Waals surface area contributed by atoms with Gasteiger partial charge in [0.15, 0.2) is 0 Å². The minimum absolute atomic E-state index is 0.212. The van der Waals surface area contributed by atoms with Crippen molar-refractivity contribution in [2.75, 3.05) is 67.4 Å². The van der Waals surface area contributed by atoms with Crippen LogP contribution in [0.3, 0.4) is 0 Å². The first kappa shape index (κ1) is 22.5.